The summed E-state index contributed by atoms with van der Waals surface area (Å²) in [7, 11) is 0. The predicted octanol–water partition coefficient (Wildman–Crippen LogP) is 0.558. The molecule has 0 saturated carbocycles. The lowest BCUT2D eigenvalue weighted by Crippen LogP contribution is -2.71. The van der Waals surface area contributed by atoms with Gasteiger partial charge in [-0.15, -0.1) is 23.1 Å². The van der Waals surface area contributed by atoms with Crippen molar-refractivity contribution < 1.29 is 53.8 Å². The average Bonchev–Trinajstić information content (AvgIpc) is 3.70. The highest BCUT2D eigenvalue weighted by molar-refractivity contribution is 8.00. The number of carbonyl (C=O) groups excluding carboxylic acids is 3. The largest absolute Gasteiger partial charge is 0.504 e. The number of carbonyl (C=O) groups is 5. The van der Waals surface area contributed by atoms with Crippen molar-refractivity contribution in [1.82, 2.24) is 24.7 Å². The number of rotatable bonds is 10. The van der Waals surface area contributed by atoms with E-state index in [4.69, 9.17) is 22.2 Å². The SMILES string of the molecule is CC(C)(O/N=C(\C(=O)N[C@@H]1C(=O)N2C(C(=O)O)=C(Cn3cc[n+]4c3CN(C(=O)c3ccc(O)c(O)c3Cl)CC4)CS[C@H]12)c1csc(N)n1)C(=O)O. The first-order chi connectivity index (χ1) is 24.1. The first-order valence-corrected chi connectivity index (χ1v) is 17.4. The molecule has 1 aromatic carbocycles. The fourth-order valence-electron chi connectivity index (χ4n) is 5.59. The number of phenols is 2. The van der Waals surface area contributed by atoms with Crippen LogP contribution in [0.4, 0.5) is 5.13 Å². The average molecular weight is 762 g/mol. The number of fused-ring (bicyclic) bond motifs is 2. The summed E-state index contributed by atoms with van der Waals surface area (Å²) >= 11 is 8.38. The lowest BCUT2D eigenvalue weighted by Gasteiger charge is -2.49. The lowest BCUT2D eigenvalue weighted by atomic mass is 10.0. The van der Waals surface area contributed by atoms with Crippen molar-refractivity contribution in [1.29, 1.82) is 0 Å². The molecular weight excluding hydrogens is 732 g/mol. The van der Waals surface area contributed by atoms with Crippen LogP contribution in [0.3, 0.4) is 0 Å². The number of aromatic hydroxyl groups is 2. The highest BCUT2D eigenvalue weighted by Gasteiger charge is 2.55. The third-order valence-electron chi connectivity index (χ3n) is 8.40. The molecule has 0 spiro atoms. The number of hydrogen-bond acceptors (Lipinski definition) is 13. The number of benzene rings is 1. The number of imidazole rings is 1. The number of aliphatic carboxylic acids is 2. The van der Waals surface area contributed by atoms with Crippen molar-refractivity contribution >= 4 is 75.2 Å². The predicted molar refractivity (Wildman–Crippen MR) is 180 cm³/mol. The Morgan fingerprint density at radius 2 is 1.98 bits per heavy atom. The van der Waals surface area contributed by atoms with E-state index in [1.54, 1.807) is 17.0 Å². The van der Waals surface area contributed by atoms with Crippen molar-refractivity contribution in [3.05, 3.63) is 63.3 Å². The molecule has 2 aromatic heterocycles. The number of anilines is 1. The third-order valence-corrected chi connectivity index (χ3v) is 10.8. The molecule has 0 radical (unpaired) electrons. The molecule has 21 heteroatoms. The smallest absolute Gasteiger partial charge is 0.352 e. The fourth-order valence-corrected chi connectivity index (χ4v) is 7.71. The van der Waals surface area contributed by atoms with Gasteiger partial charge in [-0.25, -0.2) is 23.7 Å². The van der Waals surface area contributed by atoms with Crippen LogP contribution in [-0.2, 0) is 43.7 Å². The third kappa shape index (κ3) is 6.52. The summed E-state index contributed by atoms with van der Waals surface area (Å²) in [5.74, 6) is -4.97. The van der Waals surface area contributed by atoms with Gasteiger partial charge in [0.25, 0.3) is 23.5 Å². The summed E-state index contributed by atoms with van der Waals surface area (Å²) in [5.41, 5.74) is 3.67. The molecular formula is C30H30ClN8O10S2+. The normalized spacial score (nSPS) is 18.9. The van der Waals surface area contributed by atoms with Gasteiger partial charge in [-0.3, -0.25) is 19.3 Å². The number of nitrogens with one attached hydrogen (secondary N) is 1. The highest BCUT2D eigenvalue weighted by Crippen LogP contribution is 2.41. The van der Waals surface area contributed by atoms with Crippen molar-refractivity contribution in [2.75, 3.05) is 18.0 Å². The van der Waals surface area contributed by atoms with Crippen LogP contribution in [-0.4, -0.2) is 104 Å². The van der Waals surface area contributed by atoms with Crippen LogP contribution < -0.4 is 15.6 Å². The minimum atomic E-state index is -1.80. The van der Waals surface area contributed by atoms with E-state index in [2.05, 4.69) is 15.5 Å². The minimum absolute atomic E-state index is 0.00721. The number of β-lactam (4-membered cyclic amide) rings is 1. The summed E-state index contributed by atoms with van der Waals surface area (Å²) in [5, 5.41) is 46.1. The summed E-state index contributed by atoms with van der Waals surface area (Å²) in [4.78, 5) is 76.0. The number of carboxylic acids is 2. The second-order valence-corrected chi connectivity index (χ2v) is 14.5. The number of amides is 3. The number of nitrogens with two attached hydrogens (primary N) is 1. The van der Waals surface area contributed by atoms with E-state index in [-0.39, 0.29) is 46.0 Å². The number of thioether (sulfide) groups is 1. The Kier molecular flexibility index (Phi) is 9.33. The van der Waals surface area contributed by atoms with Gasteiger partial charge in [-0.2, -0.15) is 0 Å². The number of halogens is 1. The Labute approximate surface area is 301 Å². The number of carboxylic acid groups (broad SMARTS) is 2. The van der Waals surface area contributed by atoms with Gasteiger partial charge < -0.3 is 41.2 Å². The van der Waals surface area contributed by atoms with E-state index in [1.807, 2.05) is 4.57 Å². The topological polar surface area (TPSA) is 254 Å². The van der Waals surface area contributed by atoms with Crippen molar-refractivity contribution in [2.24, 2.45) is 5.16 Å². The highest BCUT2D eigenvalue weighted by atomic mass is 35.5. The molecule has 0 bridgehead atoms. The van der Waals surface area contributed by atoms with Crippen LogP contribution in [0, 0.1) is 0 Å². The molecule has 1 fully saturated rings. The molecule has 6 rings (SSSR count). The maximum Gasteiger partial charge on any atom is 0.352 e. The van der Waals surface area contributed by atoms with Crippen LogP contribution in [0.2, 0.25) is 5.02 Å². The van der Waals surface area contributed by atoms with E-state index in [1.165, 1.54) is 48.0 Å². The number of nitrogen functional groups attached to an aromatic ring is 1. The quantitative estimate of drug-likeness (QED) is 0.0544. The number of phenolic OH excluding ortho intramolecular Hbond substituents is 2. The molecule has 0 aliphatic carbocycles. The maximum absolute atomic E-state index is 13.4. The van der Waals surface area contributed by atoms with E-state index < -0.39 is 63.9 Å². The number of nitrogens with zero attached hydrogens (tertiary/aromatic N) is 6. The van der Waals surface area contributed by atoms with Gasteiger partial charge in [-0.1, -0.05) is 16.8 Å². The maximum atomic E-state index is 13.4. The molecule has 0 unspecified atom stereocenters. The van der Waals surface area contributed by atoms with Crippen molar-refractivity contribution in [3.63, 3.8) is 0 Å². The monoisotopic (exact) mass is 761 g/mol. The second kappa shape index (κ2) is 13.4. The Morgan fingerprint density at radius 3 is 2.65 bits per heavy atom. The van der Waals surface area contributed by atoms with E-state index in [0.717, 1.165) is 16.2 Å². The Balaban J connectivity index is 1.20. The number of thiazole rings is 1. The summed E-state index contributed by atoms with van der Waals surface area (Å²) in [6, 6.07) is 1.34. The first kappa shape index (κ1) is 35.5. The van der Waals surface area contributed by atoms with Gasteiger partial charge in [0.2, 0.25) is 5.60 Å². The molecule has 1 saturated heterocycles. The molecule has 3 aliphatic rings. The molecule has 7 N–H and O–H groups in total. The summed E-state index contributed by atoms with van der Waals surface area (Å²) < 4.78 is 3.69. The van der Waals surface area contributed by atoms with E-state index in [9.17, 15) is 44.4 Å². The Morgan fingerprint density at radius 1 is 1.24 bits per heavy atom. The molecule has 3 aliphatic heterocycles. The molecule has 268 valence electrons. The zero-order valence-electron chi connectivity index (χ0n) is 26.8. The van der Waals surface area contributed by atoms with E-state index >= 15 is 0 Å². The van der Waals surface area contributed by atoms with Crippen LogP contribution in [0.25, 0.3) is 0 Å². The molecule has 51 heavy (non-hydrogen) atoms. The fraction of sp³-hybridized carbons (Fsp3) is 0.333. The standard InChI is InChI=1S/C30H29ClN8O10S2/c1-30(2,28(47)48)49-35-19(15-12-51-29(32)33-15)23(42)34-20-25(44)39-21(27(45)46)13(11-50-26(20)39)9-37-7-5-36-6-8-38(10-17(36)37)24(43)14-3-4-16(40)22(41)18(14)31/h3-5,7,12,20,26H,6,8-11H2,1-2H3,(H6-,32,33,34,35,40,41,42,43,45,46,47,48)/p+1/t20-,26-/m1/s1. The Hall–Kier alpha value is -5.34. The Bertz CT molecular complexity index is 2060. The molecule has 5 heterocycles. The van der Waals surface area contributed by atoms with Crippen LogP contribution in [0.5, 0.6) is 11.5 Å². The van der Waals surface area contributed by atoms with Gasteiger partial charge in [0, 0.05) is 16.7 Å². The number of oxime groups is 1. The van der Waals surface area contributed by atoms with Gasteiger partial charge in [0.15, 0.2) is 22.3 Å². The minimum Gasteiger partial charge on any atom is -0.504 e. The number of aromatic nitrogens is 3. The van der Waals surface area contributed by atoms with Crippen LogP contribution >= 0.6 is 34.7 Å². The van der Waals surface area contributed by atoms with Gasteiger partial charge in [0.1, 0.15) is 54.8 Å². The summed E-state index contributed by atoms with van der Waals surface area (Å²) in [6.45, 7) is 3.39. The molecule has 3 amide bonds. The van der Waals surface area contributed by atoms with Crippen LogP contribution in [0.1, 0.15) is 35.7 Å². The zero-order valence-corrected chi connectivity index (χ0v) is 29.2. The van der Waals surface area contributed by atoms with Crippen molar-refractivity contribution in [3.8, 4) is 11.5 Å². The molecule has 18 nitrogen and oxygen atoms in total. The lowest BCUT2D eigenvalue weighted by molar-refractivity contribution is -0.710. The van der Waals surface area contributed by atoms with E-state index in [0.29, 0.717) is 24.5 Å². The van der Waals surface area contributed by atoms with Gasteiger partial charge >= 0.3 is 11.9 Å². The van der Waals surface area contributed by atoms with Gasteiger partial charge in [0.05, 0.1) is 17.1 Å². The zero-order chi connectivity index (χ0) is 36.9. The first-order valence-electron chi connectivity index (χ1n) is 15.1. The van der Waals surface area contributed by atoms with Crippen molar-refractivity contribution in [2.45, 2.75) is 50.5 Å². The second-order valence-electron chi connectivity index (χ2n) is 12.1. The van der Waals surface area contributed by atoms with Crippen LogP contribution in [0.15, 0.2) is 46.3 Å². The summed E-state index contributed by atoms with van der Waals surface area (Å²) in [6.07, 6.45) is 3.54. The molecule has 2 atom stereocenters. The molecule has 3 aromatic rings. The number of hydrogen-bond donors (Lipinski definition) is 6. The van der Waals surface area contributed by atoms with Gasteiger partial charge in [-0.05, 0) is 26.0 Å².